The van der Waals surface area contributed by atoms with E-state index in [0.29, 0.717) is 12.0 Å². The van der Waals surface area contributed by atoms with E-state index in [0.717, 1.165) is 25.5 Å². The molecule has 2 fully saturated rings. The number of nitrogens with zero attached hydrogens (tertiary/aromatic N) is 2. The molecule has 1 aliphatic carbocycles. The first-order chi connectivity index (χ1) is 9.33. The number of rotatable bonds is 5. The van der Waals surface area contributed by atoms with Crippen molar-refractivity contribution in [3.8, 4) is 6.07 Å². The lowest BCUT2D eigenvalue weighted by Crippen LogP contribution is -2.44. The summed E-state index contributed by atoms with van der Waals surface area (Å²) in [7, 11) is 0. The van der Waals surface area contributed by atoms with E-state index in [4.69, 9.17) is 10.00 Å². The molecule has 3 heteroatoms. The fraction of sp³-hybridized carbons (Fsp3) is 0.938. The molecule has 3 nitrogen and oxygen atoms in total. The highest BCUT2D eigenvalue weighted by Gasteiger charge is 2.28. The topological polar surface area (TPSA) is 36.3 Å². The van der Waals surface area contributed by atoms with Crippen LogP contribution in [0.15, 0.2) is 0 Å². The lowest BCUT2D eigenvalue weighted by molar-refractivity contribution is -0.00774. The third-order valence-electron chi connectivity index (χ3n) is 4.72. The van der Waals surface area contributed by atoms with Crippen LogP contribution in [0.3, 0.4) is 0 Å². The molecular weight excluding hydrogens is 236 g/mol. The number of likely N-dealkylation sites (tertiary alicyclic amines) is 1. The molecule has 0 bridgehead atoms. The zero-order valence-electron chi connectivity index (χ0n) is 12.3. The van der Waals surface area contributed by atoms with Gasteiger partial charge < -0.3 is 9.64 Å². The molecule has 0 aromatic heterocycles. The summed E-state index contributed by atoms with van der Waals surface area (Å²) in [6.07, 6.45) is 9.96. The van der Waals surface area contributed by atoms with Crippen molar-refractivity contribution in [3.63, 3.8) is 0 Å². The van der Waals surface area contributed by atoms with E-state index in [-0.39, 0.29) is 0 Å². The Morgan fingerprint density at radius 3 is 2.37 bits per heavy atom. The summed E-state index contributed by atoms with van der Waals surface area (Å²) in [5.41, 5.74) is 0. The van der Waals surface area contributed by atoms with Gasteiger partial charge in [0, 0.05) is 31.7 Å². The molecule has 1 heterocycles. The minimum atomic E-state index is 0.325. The molecule has 1 saturated heterocycles. The van der Waals surface area contributed by atoms with Crippen LogP contribution in [-0.4, -0.2) is 36.7 Å². The fourth-order valence-corrected chi connectivity index (χ4v) is 3.37. The minimum Gasteiger partial charge on any atom is -0.378 e. The van der Waals surface area contributed by atoms with Crippen LogP contribution in [0.4, 0.5) is 0 Å². The number of hydrogen-bond acceptors (Lipinski definition) is 3. The number of hydrogen-bond donors (Lipinski definition) is 0. The highest BCUT2D eigenvalue weighted by atomic mass is 16.5. The Morgan fingerprint density at radius 2 is 1.79 bits per heavy atom. The van der Waals surface area contributed by atoms with Crippen molar-refractivity contribution in [3.05, 3.63) is 0 Å². The van der Waals surface area contributed by atoms with Crippen LogP contribution in [0.25, 0.3) is 0 Å². The van der Waals surface area contributed by atoms with Crippen molar-refractivity contribution in [2.45, 2.75) is 70.4 Å². The van der Waals surface area contributed by atoms with Gasteiger partial charge >= 0.3 is 0 Å². The maximum Gasteiger partial charge on any atom is 0.0655 e. The van der Waals surface area contributed by atoms with E-state index in [1.165, 1.54) is 51.6 Å². The number of nitriles is 1. The maximum absolute atomic E-state index is 8.94. The summed E-state index contributed by atoms with van der Waals surface area (Å²) in [5.74, 6) is 0.325. The van der Waals surface area contributed by atoms with E-state index in [1.807, 2.05) is 0 Å². The first-order valence-corrected chi connectivity index (χ1v) is 8.08. The van der Waals surface area contributed by atoms with Crippen molar-refractivity contribution >= 4 is 0 Å². The van der Waals surface area contributed by atoms with Crippen LogP contribution in [0.1, 0.15) is 58.3 Å². The van der Waals surface area contributed by atoms with Crippen molar-refractivity contribution in [1.82, 2.24) is 4.90 Å². The van der Waals surface area contributed by atoms with Crippen LogP contribution in [0, 0.1) is 17.2 Å². The van der Waals surface area contributed by atoms with Gasteiger partial charge in [-0.3, -0.25) is 0 Å². The quantitative estimate of drug-likeness (QED) is 0.714. The summed E-state index contributed by atoms with van der Waals surface area (Å²) in [5, 5.41) is 8.94. The Kier molecular flexibility index (Phi) is 6.13. The molecule has 2 aliphatic rings. The largest absolute Gasteiger partial charge is 0.378 e. The molecule has 19 heavy (non-hydrogen) atoms. The van der Waals surface area contributed by atoms with E-state index < -0.39 is 0 Å². The molecule has 1 saturated carbocycles. The van der Waals surface area contributed by atoms with E-state index in [2.05, 4.69) is 17.9 Å². The standard InChI is InChI=1S/C16H28N2O/c1-2-3-12-19-16-8-10-18(11-9-16)15-6-4-14(13-17)5-7-15/h14-16H,2-12H2,1H3/t14-,15-. The van der Waals surface area contributed by atoms with E-state index in [1.54, 1.807) is 0 Å². The molecule has 0 atom stereocenters. The van der Waals surface area contributed by atoms with Crippen LogP contribution in [0.5, 0.6) is 0 Å². The average molecular weight is 264 g/mol. The lowest BCUT2D eigenvalue weighted by Gasteiger charge is -2.39. The Labute approximate surface area is 117 Å². The Balaban J connectivity index is 1.65. The monoisotopic (exact) mass is 264 g/mol. The third kappa shape index (κ3) is 4.47. The highest BCUT2D eigenvalue weighted by molar-refractivity contribution is 4.90. The van der Waals surface area contributed by atoms with Crippen LogP contribution < -0.4 is 0 Å². The Bertz CT molecular complexity index is 284. The predicted octanol–water partition coefficient (Wildman–Crippen LogP) is 3.35. The van der Waals surface area contributed by atoms with E-state index >= 15 is 0 Å². The van der Waals surface area contributed by atoms with Gasteiger partial charge in [-0.25, -0.2) is 0 Å². The van der Waals surface area contributed by atoms with Gasteiger partial charge in [0.05, 0.1) is 12.2 Å². The first kappa shape index (κ1) is 14.8. The summed E-state index contributed by atoms with van der Waals surface area (Å²) in [4.78, 5) is 2.65. The molecule has 0 amide bonds. The van der Waals surface area contributed by atoms with Gasteiger partial charge in [-0.15, -0.1) is 0 Å². The van der Waals surface area contributed by atoms with Crippen LogP contribution in [-0.2, 0) is 4.74 Å². The second-order valence-corrected chi connectivity index (χ2v) is 6.09. The summed E-state index contributed by atoms with van der Waals surface area (Å²) in [6, 6.07) is 3.16. The second kappa shape index (κ2) is 7.87. The van der Waals surface area contributed by atoms with Gasteiger partial charge in [-0.1, -0.05) is 13.3 Å². The molecule has 2 rings (SSSR count). The van der Waals surface area contributed by atoms with Crippen LogP contribution >= 0.6 is 0 Å². The zero-order valence-corrected chi connectivity index (χ0v) is 12.3. The zero-order chi connectivity index (χ0) is 13.5. The molecule has 108 valence electrons. The van der Waals surface area contributed by atoms with Gasteiger partial charge in [0.2, 0.25) is 0 Å². The molecule has 0 radical (unpaired) electrons. The lowest BCUT2D eigenvalue weighted by atomic mass is 9.85. The molecule has 0 aromatic carbocycles. The van der Waals surface area contributed by atoms with Gasteiger partial charge in [-0.05, 0) is 44.9 Å². The summed E-state index contributed by atoms with van der Waals surface area (Å²) < 4.78 is 5.92. The smallest absolute Gasteiger partial charge is 0.0655 e. The Morgan fingerprint density at radius 1 is 1.11 bits per heavy atom. The maximum atomic E-state index is 8.94. The summed E-state index contributed by atoms with van der Waals surface area (Å²) >= 11 is 0. The van der Waals surface area contributed by atoms with E-state index in [9.17, 15) is 0 Å². The third-order valence-corrected chi connectivity index (χ3v) is 4.72. The number of piperidine rings is 1. The first-order valence-electron chi connectivity index (χ1n) is 8.08. The number of unbranched alkanes of at least 4 members (excludes halogenated alkanes) is 1. The molecular formula is C16H28N2O. The normalized spacial score (nSPS) is 30.1. The SMILES string of the molecule is CCCCOC1CCN([C@H]2CC[C@H](C#N)CC2)CC1. The highest BCUT2D eigenvalue weighted by Crippen LogP contribution is 2.29. The fourth-order valence-electron chi connectivity index (χ4n) is 3.37. The van der Waals surface area contributed by atoms with Gasteiger partial charge in [-0.2, -0.15) is 5.26 Å². The van der Waals surface area contributed by atoms with Crippen LogP contribution in [0.2, 0.25) is 0 Å². The Hall–Kier alpha value is -0.590. The van der Waals surface area contributed by atoms with Gasteiger partial charge in [0.1, 0.15) is 0 Å². The van der Waals surface area contributed by atoms with Crippen molar-refractivity contribution in [2.24, 2.45) is 5.92 Å². The molecule has 0 aromatic rings. The minimum absolute atomic E-state index is 0.325. The second-order valence-electron chi connectivity index (χ2n) is 6.09. The van der Waals surface area contributed by atoms with Gasteiger partial charge in [0.25, 0.3) is 0 Å². The molecule has 1 aliphatic heterocycles. The van der Waals surface area contributed by atoms with Crippen molar-refractivity contribution < 1.29 is 4.74 Å². The van der Waals surface area contributed by atoms with Crippen molar-refractivity contribution in [1.29, 1.82) is 5.26 Å². The predicted molar refractivity (Wildman–Crippen MR) is 76.8 cm³/mol. The summed E-state index contributed by atoms with van der Waals surface area (Å²) in [6.45, 7) is 5.54. The molecule has 0 N–H and O–H groups in total. The molecule has 0 spiro atoms. The molecule has 0 unspecified atom stereocenters. The average Bonchev–Trinajstić information content (AvgIpc) is 2.48. The van der Waals surface area contributed by atoms with Crippen molar-refractivity contribution in [2.75, 3.05) is 19.7 Å². The number of ether oxygens (including phenoxy) is 1. The van der Waals surface area contributed by atoms with Gasteiger partial charge in [0.15, 0.2) is 0 Å².